The molecule has 2 aromatic heterocycles. The van der Waals surface area contributed by atoms with Crippen LogP contribution in [0.15, 0.2) is 47.1 Å². The van der Waals surface area contributed by atoms with Gasteiger partial charge in [-0.3, -0.25) is 9.59 Å². The van der Waals surface area contributed by atoms with Crippen molar-refractivity contribution in [2.75, 3.05) is 6.61 Å². The molecule has 0 aliphatic carbocycles. The average Bonchev–Trinajstić information content (AvgIpc) is 3.19. The number of aromatic nitrogens is 3. The number of allylic oxidation sites excluding steroid dienone is 1. The number of hydrogen-bond donors (Lipinski definition) is 2. The summed E-state index contributed by atoms with van der Waals surface area (Å²) in [6, 6.07) is 6.63. The van der Waals surface area contributed by atoms with E-state index in [-0.39, 0.29) is 12.0 Å². The van der Waals surface area contributed by atoms with E-state index in [1.165, 1.54) is 0 Å². The van der Waals surface area contributed by atoms with Gasteiger partial charge in [0.15, 0.2) is 0 Å². The Morgan fingerprint density at radius 3 is 2.96 bits per heavy atom. The van der Waals surface area contributed by atoms with Gasteiger partial charge in [0.2, 0.25) is 5.91 Å². The van der Waals surface area contributed by atoms with Gasteiger partial charge >= 0.3 is 0 Å². The molecule has 1 unspecified atom stereocenters. The highest BCUT2D eigenvalue weighted by molar-refractivity contribution is 6.08. The highest BCUT2D eigenvalue weighted by Gasteiger charge is 2.27. The van der Waals surface area contributed by atoms with Crippen LogP contribution in [0.4, 0.5) is 0 Å². The third-order valence-corrected chi connectivity index (χ3v) is 4.10. The fraction of sp³-hybridized carbons (Fsp3) is 0.188. The van der Waals surface area contributed by atoms with E-state index in [9.17, 15) is 9.59 Å². The van der Waals surface area contributed by atoms with E-state index in [0.29, 0.717) is 23.3 Å². The van der Waals surface area contributed by atoms with Crippen molar-refractivity contribution in [3.8, 4) is 0 Å². The number of carbonyl (C=O) groups excluding carboxylic acids is 1. The summed E-state index contributed by atoms with van der Waals surface area (Å²) in [6.45, 7) is 0.318. The van der Waals surface area contributed by atoms with Crippen LogP contribution in [0.5, 0.6) is 0 Å². The first-order valence-electron chi connectivity index (χ1n) is 7.41. The lowest BCUT2D eigenvalue weighted by atomic mass is 10.1. The molecule has 0 spiro atoms. The number of nitrogens with two attached hydrogens (primary N) is 1. The van der Waals surface area contributed by atoms with E-state index < -0.39 is 11.9 Å². The van der Waals surface area contributed by atoms with Crippen LogP contribution >= 0.6 is 0 Å². The molecule has 1 aliphatic heterocycles. The van der Waals surface area contributed by atoms with Crippen molar-refractivity contribution in [1.82, 2.24) is 14.8 Å². The average molecular weight is 326 g/mol. The highest BCUT2D eigenvalue weighted by Crippen LogP contribution is 2.32. The Hall–Kier alpha value is -3.13. The number of rotatable bonds is 4. The quantitative estimate of drug-likeness (QED) is 0.698. The lowest BCUT2D eigenvalue weighted by Crippen LogP contribution is -2.28. The Morgan fingerprint density at radius 1 is 1.38 bits per heavy atom. The Balaban J connectivity index is 2.01. The summed E-state index contributed by atoms with van der Waals surface area (Å²) in [7, 11) is 0. The van der Waals surface area contributed by atoms with Crippen molar-refractivity contribution >= 4 is 27.7 Å². The second kappa shape index (κ2) is 5.50. The number of benzene rings is 1. The van der Waals surface area contributed by atoms with Gasteiger partial charge in [0.05, 0.1) is 11.7 Å². The fourth-order valence-electron chi connectivity index (χ4n) is 3.08. The van der Waals surface area contributed by atoms with Crippen LogP contribution in [-0.2, 0) is 14.6 Å². The van der Waals surface area contributed by atoms with E-state index in [1.807, 2.05) is 24.3 Å². The predicted molar refractivity (Wildman–Crippen MR) is 85.8 cm³/mol. The summed E-state index contributed by atoms with van der Waals surface area (Å²) in [4.78, 5) is 34.4. The standard InChI is InChI=1S/C16H14N4O4/c17-15(21)13(7-9-5-6-23-24-9)20-12-4-2-1-3-10(12)11-8-18-19-16(22)14(11)20/h1-5,8,13H,6-7H2,(H2,17,21)(H,19,22). The zero-order valence-corrected chi connectivity index (χ0v) is 12.6. The molecule has 1 aromatic carbocycles. The van der Waals surface area contributed by atoms with Gasteiger partial charge in [0.25, 0.3) is 5.56 Å². The summed E-state index contributed by atoms with van der Waals surface area (Å²) in [6.07, 6.45) is 3.50. The zero-order valence-electron chi connectivity index (χ0n) is 12.6. The van der Waals surface area contributed by atoms with Gasteiger partial charge < -0.3 is 15.2 Å². The lowest BCUT2D eigenvalue weighted by Gasteiger charge is -2.17. The number of amides is 1. The summed E-state index contributed by atoms with van der Waals surface area (Å²) >= 11 is 0. The minimum absolute atomic E-state index is 0.199. The normalized spacial score (nSPS) is 15.4. The minimum Gasteiger partial charge on any atom is -0.368 e. The molecule has 4 rings (SSSR count). The molecular formula is C16H14N4O4. The van der Waals surface area contributed by atoms with Crippen LogP contribution in [0, 0.1) is 0 Å². The molecule has 122 valence electrons. The van der Waals surface area contributed by atoms with E-state index >= 15 is 0 Å². The molecule has 0 saturated heterocycles. The second-order valence-electron chi connectivity index (χ2n) is 5.51. The molecular weight excluding hydrogens is 312 g/mol. The maximum absolute atomic E-state index is 12.4. The number of primary amides is 1. The van der Waals surface area contributed by atoms with Crippen molar-refractivity contribution in [3.63, 3.8) is 0 Å². The smallest absolute Gasteiger partial charge is 0.288 e. The molecule has 0 radical (unpaired) electrons. The molecule has 1 aliphatic rings. The maximum Gasteiger partial charge on any atom is 0.288 e. The number of carbonyl (C=O) groups is 1. The van der Waals surface area contributed by atoms with Gasteiger partial charge in [-0.1, -0.05) is 18.2 Å². The third kappa shape index (κ3) is 2.16. The number of fused-ring (bicyclic) bond motifs is 3. The maximum atomic E-state index is 12.4. The molecule has 24 heavy (non-hydrogen) atoms. The predicted octanol–water partition coefficient (Wildman–Crippen LogP) is 1.14. The van der Waals surface area contributed by atoms with Gasteiger partial charge in [-0.15, -0.1) is 0 Å². The number of aromatic amines is 1. The molecule has 1 amide bonds. The van der Waals surface area contributed by atoms with Crippen molar-refractivity contribution in [3.05, 3.63) is 52.7 Å². The molecule has 8 heteroatoms. The number of nitrogens with zero attached hydrogens (tertiary/aromatic N) is 2. The molecule has 8 nitrogen and oxygen atoms in total. The van der Waals surface area contributed by atoms with Gasteiger partial charge in [-0.05, 0) is 12.1 Å². The molecule has 0 bridgehead atoms. The third-order valence-electron chi connectivity index (χ3n) is 4.10. The summed E-state index contributed by atoms with van der Waals surface area (Å²) < 4.78 is 1.65. The Labute approximate surface area is 135 Å². The molecule has 3 N–H and O–H groups in total. The lowest BCUT2D eigenvalue weighted by molar-refractivity contribution is -0.236. The van der Waals surface area contributed by atoms with E-state index in [0.717, 1.165) is 10.9 Å². The fourth-order valence-corrected chi connectivity index (χ4v) is 3.08. The van der Waals surface area contributed by atoms with E-state index in [1.54, 1.807) is 16.8 Å². The van der Waals surface area contributed by atoms with Crippen molar-refractivity contribution in [1.29, 1.82) is 0 Å². The summed E-state index contributed by atoms with van der Waals surface area (Å²) in [5, 5.41) is 7.77. The van der Waals surface area contributed by atoms with Crippen LogP contribution in [0.1, 0.15) is 12.5 Å². The Morgan fingerprint density at radius 2 is 2.21 bits per heavy atom. The molecule has 0 fully saturated rings. The minimum atomic E-state index is -0.788. The van der Waals surface area contributed by atoms with Gasteiger partial charge in [-0.25, -0.2) is 5.10 Å². The highest BCUT2D eigenvalue weighted by atomic mass is 17.2. The topological polar surface area (TPSA) is 112 Å². The van der Waals surface area contributed by atoms with Crippen LogP contribution in [-0.4, -0.2) is 27.3 Å². The van der Waals surface area contributed by atoms with Crippen LogP contribution < -0.4 is 11.3 Å². The largest absolute Gasteiger partial charge is 0.368 e. The first-order chi connectivity index (χ1) is 11.7. The van der Waals surface area contributed by atoms with Crippen molar-refractivity contribution in [2.45, 2.75) is 12.5 Å². The molecule has 3 heterocycles. The number of nitrogens with one attached hydrogen (secondary N) is 1. The van der Waals surface area contributed by atoms with E-state index in [2.05, 4.69) is 10.2 Å². The first-order valence-corrected chi connectivity index (χ1v) is 7.41. The van der Waals surface area contributed by atoms with Crippen molar-refractivity contribution < 1.29 is 14.6 Å². The van der Waals surface area contributed by atoms with Crippen molar-refractivity contribution in [2.24, 2.45) is 5.73 Å². The summed E-state index contributed by atoms with van der Waals surface area (Å²) in [5.41, 5.74) is 6.33. The monoisotopic (exact) mass is 326 g/mol. The first kappa shape index (κ1) is 14.5. The van der Waals surface area contributed by atoms with Crippen LogP contribution in [0.2, 0.25) is 0 Å². The van der Waals surface area contributed by atoms with Crippen LogP contribution in [0.25, 0.3) is 21.8 Å². The number of hydrogen-bond acceptors (Lipinski definition) is 5. The molecule has 0 saturated carbocycles. The second-order valence-corrected chi connectivity index (χ2v) is 5.51. The number of para-hydroxylation sites is 1. The zero-order chi connectivity index (χ0) is 16.7. The molecule has 1 atom stereocenters. The van der Waals surface area contributed by atoms with Gasteiger partial charge in [0.1, 0.15) is 23.9 Å². The van der Waals surface area contributed by atoms with Gasteiger partial charge in [-0.2, -0.15) is 9.99 Å². The Kier molecular flexibility index (Phi) is 3.31. The van der Waals surface area contributed by atoms with Gasteiger partial charge in [0, 0.05) is 17.2 Å². The van der Waals surface area contributed by atoms with Crippen LogP contribution in [0.3, 0.4) is 0 Å². The van der Waals surface area contributed by atoms with E-state index in [4.69, 9.17) is 15.5 Å². The SMILES string of the molecule is NC(=O)C(CC1=CCOO1)n1c2ccccc2c2cn[nH]c(=O)c21. The molecule has 3 aromatic rings. The Bertz CT molecular complexity index is 1030. The summed E-state index contributed by atoms with van der Waals surface area (Å²) in [5.74, 6) is -0.0551. The number of H-pyrrole nitrogens is 1.